The van der Waals surface area contributed by atoms with Crippen molar-refractivity contribution in [1.29, 1.82) is 0 Å². The Bertz CT molecular complexity index is 546. The van der Waals surface area contributed by atoms with E-state index in [2.05, 4.69) is 0 Å². The number of carbonyl (C=O) groups excluding carboxylic acids is 1. The first-order chi connectivity index (χ1) is 8.24. The second-order valence-electron chi connectivity index (χ2n) is 3.80. The zero-order chi connectivity index (χ0) is 12.3. The summed E-state index contributed by atoms with van der Waals surface area (Å²) >= 11 is 0. The molecule has 0 unspecified atom stereocenters. The summed E-state index contributed by atoms with van der Waals surface area (Å²) in [6.07, 6.45) is 0.833. The molecule has 0 N–H and O–H groups in total. The maximum Gasteiger partial charge on any atom is 0.128 e. The van der Waals surface area contributed by atoms with E-state index in [1.807, 2.05) is 25.1 Å². The van der Waals surface area contributed by atoms with E-state index >= 15 is 0 Å². The van der Waals surface area contributed by atoms with Crippen LogP contribution in [0.15, 0.2) is 36.4 Å². The molecular weight excluding hydrogens is 216 g/mol. The second-order valence-corrected chi connectivity index (χ2v) is 3.80. The normalized spacial score (nSPS) is 10.4. The van der Waals surface area contributed by atoms with Gasteiger partial charge in [0, 0.05) is 5.56 Å². The molecule has 0 saturated heterocycles. The molecule has 0 heterocycles. The third kappa shape index (κ3) is 2.23. The number of carboxylic acids is 1. The maximum absolute atomic E-state index is 11.2. The minimum absolute atomic E-state index is 0.136. The Kier molecular flexibility index (Phi) is 3.28. The number of hydrogen-bond donors (Lipinski definition) is 0. The summed E-state index contributed by atoms with van der Waals surface area (Å²) in [5.41, 5.74) is 0.136. The van der Waals surface area contributed by atoms with Crippen molar-refractivity contribution in [2.45, 2.75) is 13.3 Å². The van der Waals surface area contributed by atoms with E-state index in [0.29, 0.717) is 17.7 Å². The minimum atomic E-state index is -1.20. The van der Waals surface area contributed by atoms with Crippen LogP contribution in [0.1, 0.15) is 23.7 Å². The van der Waals surface area contributed by atoms with Crippen molar-refractivity contribution in [3.63, 3.8) is 0 Å². The van der Waals surface area contributed by atoms with Gasteiger partial charge in [0.2, 0.25) is 0 Å². The molecular formula is C14H13O3-. The van der Waals surface area contributed by atoms with Crippen molar-refractivity contribution in [1.82, 2.24) is 0 Å². The molecule has 2 rings (SSSR count). The van der Waals surface area contributed by atoms with E-state index in [1.54, 1.807) is 18.2 Å². The average Bonchev–Trinajstić information content (AvgIpc) is 2.35. The molecule has 17 heavy (non-hydrogen) atoms. The highest BCUT2D eigenvalue weighted by Gasteiger charge is 2.09. The standard InChI is InChI=1S/C14H14O3/c1-2-9-17-12-8-7-10-5-3-4-6-11(10)13(12)14(15)16/h3-8H,2,9H2,1H3,(H,15,16)/p-1. The minimum Gasteiger partial charge on any atom is -0.545 e. The van der Waals surface area contributed by atoms with Crippen molar-refractivity contribution in [3.8, 4) is 5.75 Å². The van der Waals surface area contributed by atoms with E-state index in [0.717, 1.165) is 11.8 Å². The first-order valence-corrected chi connectivity index (χ1v) is 5.60. The molecule has 2 aromatic carbocycles. The second kappa shape index (κ2) is 4.87. The maximum atomic E-state index is 11.2. The molecule has 88 valence electrons. The summed E-state index contributed by atoms with van der Waals surface area (Å²) in [6.45, 7) is 2.47. The summed E-state index contributed by atoms with van der Waals surface area (Å²) in [6, 6.07) is 10.8. The number of carboxylic acid groups (broad SMARTS) is 1. The lowest BCUT2D eigenvalue weighted by Crippen LogP contribution is -2.23. The SMILES string of the molecule is CCCOc1ccc2ccccc2c1C(=O)[O-]. The molecule has 0 bridgehead atoms. The molecule has 3 nitrogen and oxygen atoms in total. The van der Waals surface area contributed by atoms with Crippen LogP contribution in [0.5, 0.6) is 5.75 Å². The Morgan fingerprint density at radius 2 is 2.00 bits per heavy atom. The van der Waals surface area contributed by atoms with Gasteiger partial charge in [0.05, 0.1) is 12.6 Å². The zero-order valence-corrected chi connectivity index (χ0v) is 9.60. The Hall–Kier alpha value is -2.03. The van der Waals surface area contributed by atoms with E-state index in [9.17, 15) is 9.90 Å². The van der Waals surface area contributed by atoms with Gasteiger partial charge in [-0.25, -0.2) is 0 Å². The van der Waals surface area contributed by atoms with Gasteiger partial charge in [0.15, 0.2) is 0 Å². The van der Waals surface area contributed by atoms with Crippen molar-refractivity contribution in [3.05, 3.63) is 42.0 Å². The van der Waals surface area contributed by atoms with Crippen LogP contribution in [0, 0.1) is 0 Å². The van der Waals surface area contributed by atoms with Gasteiger partial charge in [-0.05, 0) is 23.3 Å². The Morgan fingerprint density at radius 1 is 1.24 bits per heavy atom. The highest BCUT2D eigenvalue weighted by molar-refractivity contribution is 6.05. The highest BCUT2D eigenvalue weighted by Crippen LogP contribution is 2.27. The fourth-order valence-corrected chi connectivity index (χ4v) is 1.79. The van der Waals surface area contributed by atoms with Crippen molar-refractivity contribution in [2.75, 3.05) is 6.61 Å². The molecule has 0 fully saturated rings. The summed E-state index contributed by atoms with van der Waals surface area (Å²) in [4.78, 5) is 11.2. The van der Waals surface area contributed by atoms with Crippen LogP contribution >= 0.6 is 0 Å². The monoisotopic (exact) mass is 229 g/mol. The van der Waals surface area contributed by atoms with Gasteiger partial charge < -0.3 is 14.6 Å². The molecule has 0 amide bonds. The fraction of sp³-hybridized carbons (Fsp3) is 0.214. The quantitative estimate of drug-likeness (QED) is 0.805. The first kappa shape index (κ1) is 11.5. The molecule has 0 aliphatic carbocycles. The van der Waals surface area contributed by atoms with Crippen LogP contribution < -0.4 is 9.84 Å². The summed E-state index contributed by atoms with van der Waals surface area (Å²) < 4.78 is 5.43. The fourth-order valence-electron chi connectivity index (χ4n) is 1.79. The molecule has 0 radical (unpaired) electrons. The van der Waals surface area contributed by atoms with E-state index < -0.39 is 5.97 Å². The summed E-state index contributed by atoms with van der Waals surface area (Å²) in [5, 5.41) is 12.7. The number of benzene rings is 2. The topological polar surface area (TPSA) is 49.4 Å². The largest absolute Gasteiger partial charge is 0.545 e. The van der Waals surface area contributed by atoms with Crippen molar-refractivity contribution < 1.29 is 14.6 Å². The van der Waals surface area contributed by atoms with E-state index in [4.69, 9.17) is 4.74 Å². The van der Waals surface area contributed by atoms with Gasteiger partial charge in [-0.3, -0.25) is 0 Å². The number of aromatic carboxylic acids is 1. The van der Waals surface area contributed by atoms with Crippen LogP contribution in [0.25, 0.3) is 10.8 Å². The predicted molar refractivity (Wildman–Crippen MR) is 64.1 cm³/mol. The number of fused-ring (bicyclic) bond motifs is 1. The average molecular weight is 229 g/mol. The number of hydrogen-bond acceptors (Lipinski definition) is 3. The van der Waals surface area contributed by atoms with Gasteiger partial charge in [0.1, 0.15) is 5.75 Å². The summed E-state index contributed by atoms with van der Waals surface area (Å²) in [5.74, 6) is -0.821. The lowest BCUT2D eigenvalue weighted by Gasteiger charge is -2.14. The molecule has 3 heteroatoms. The third-order valence-corrected chi connectivity index (χ3v) is 2.56. The first-order valence-electron chi connectivity index (χ1n) is 5.60. The Balaban J connectivity index is 2.60. The zero-order valence-electron chi connectivity index (χ0n) is 9.60. The van der Waals surface area contributed by atoms with Gasteiger partial charge in [-0.2, -0.15) is 0 Å². The van der Waals surface area contributed by atoms with Gasteiger partial charge in [0.25, 0.3) is 0 Å². The van der Waals surface area contributed by atoms with Crippen LogP contribution in [-0.4, -0.2) is 12.6 Å². The Labute approximate surface area is 99.6 Å². The molecule has 0 saturated carbocycles. The summed E-state index contributed by atoms with van der Waals surface area (Å²) in [7, 11) is 0. The molecule has 0 atom stereocenters. The van der Waals surface area contributed by atoms with Crippen molar-refractivity contribution >= 4 is 16.7 Å². The lowest BCUT2D eigenvalue weighted by molar-refractivity contribution is -0.254. The molecule has 0 spiro atoms. The Morgan fingerprint density at radius 3 is 2.71 bits per heavy atom. The molecule has 0 aliphatic heterocycles. The molecule has 0 aromatic heterocycles. The van der Waals surface area contributed by atoms with E-state index in [-0.39, 0.29) is 5.56 Å². The highest BCUT2D eigenvalue weighted by atomic mass is 16.5. The van der Waals surface area contributed by atoms with Crippen molar-refractivity contribution in [2.24, 2.45) is 0 Å². The lowest BCUT2D eigenvalue weighted by atomic mass is 10.0. The number of ether oxygens (including phenoxy) is 1. The number of carbonyl (C=O) groups is 1. The molecule has 0 aliphatic rings. The van der Waals surface area contributed by atoms with E-state index in [1.165, 1.54) is 0 Å². The predicted octanol–water partition coefficient (Wildman–Crippen LogP) is 1.99. The van der Waals surface area contributed by atoms with Gasteiger partial charge >= 0.3 is 0 Å². The number of rotatable bonds is 4. The molecule has 2 aromatic rings. The van der Waals surface area contributed by atoms with Crippen LogP contribution in [0.2, 0.25) is 0 Å². The third-order valence-electron chi connectivity index (χ3n) is 2.56. The van der Waals surface area contributed by atoms with Gasteiger partial charge in [-0.15, -0.1) is 0 Å². The van der Waals surface area contributed by atoms with Crippen LogP contribution in [0.3, 0.4) is 0 Å². The smallest absolute Gasteiger partial charge is 0.128 e. The van der Waals surface area contributed by atoms with Gasteiger partial charge in [-0.1, -0.05) is 37.3 Å². The van der Waals surface area contributed by atoms with Crippen LogP contribution in [0.4, 0.5) is 0 Å². The van der Waals surface area contributed by atoms with Crippen LogP contribution in [-0.2, 0) is 0 Å².